The number of anilines is 1. The number of benzene rings is 3. The highest BCUT2D eigenvalue weighted by atomic mass is 35.5. The van der Waals surface area contributed by atoms with Crippen molar-refractivity contribution in [3.63, 3.8) is 0 Å². The largest absolute Gasteiger partial charge is 0.455 e. The van der Waals surface area contributed by atoms with E-state index < -0.39 is 32.5 Å². The number of hydrogen-bond donors (Lipinski definition) is 1. The van der Waals surface area contributed by atoms with Crippen LogP contribution in [0.3, 0.4) is 0 Å². The molecule has 0 spiro atoms. The molecule has 5 aromatic rings. The summed E-state index contributed by atoms with van der Waals surface area (Å²) in [6, 6.07) is 10.6. The van der Waals surface area contributed by atoms with E-state index >= 15 is 4.39 Å². The molecule has 0 radical (unpaired) electrons. The Kier molecular flexibility index (Phi) is 7.83. The molecule has 2 heterocycles. The van der Waals surface area contributed by atoms with Crippen LogP contribution in [0.25, 0.3) is 22.3 Å². The van der Waals surface area contributed by atoms with Crippen LogP contribution < -0.4 is 9.46 Å². The van der Waals surface area contributed by atoms with Crippen molar-refractivity contribution in [1.29, 1.82) is 0 Å². The van der Waals surface area contributed by atoms with Gasteiger partial charge in [-0.05, 0) is 35.9 Å². The molecular formula is C25H13Cl2F4N5O3S2. The smallest absolute Gasteiger partial charge is 0.416 e. The summed E-state index contributed by atoms with van der Waals surface area (Å²) in [6.45, 7) is 0. The predicted molar refractivity (Wildman–Crippen MR) is 145 cm³/mol. The minimum Gasteiger partial charge on any atom is -0.455 e. The highest BCUT2D eigenvalue weighted by Gasteiger charge is 2.31. The molecule has 0 aliphatic heterocycles. The Bertz CT molecular complexity index is 1840. The van der Waals surface area contributed by atoms with Gasteiger partial charge in [-0.1, -0.05) is 46.7 Å². The van der Waals surface area contributed by atoms with E-state index in [0.29, 0.717) is 11.1 Å². The van der Waals surface area contributed by atoms with Crippen molar-refractivity contribution in [2.24, 2.45) is 0 Å². The first-order valence-electron chi connectivity index (χ1n) is 11.2. The van der Waals surface area contributed by atoms with Crippen LogP contribution in [0.4, 0.5) is 22.7 Å². The van der Waals surface area contributed by atoms with Gasteiger partial charge in [0.05, 0.1) is 28.0 Å². The number of hydrogen-bond acceptors (Lipinski definition) is 8. The molecule has 5 rings (SSSR count). The van der Waals surface area contributed by atoms with Crippen molar-refractivity contribution >= 4 is 49.7 Å². The molecule has 210 valence electrons. The van der Waals surface area contributed by atoms with Crippen LogP contribution in [-0.2, 0) is 16.2 Å². The van der Waals surface area contributed by atoms with Crippen LogP contribution in [-0.4, -0.2) is 28.8 Å². The number of alkyl halides is 3. The quantitative estimate of drug-likeness (QED) is 0.181. The zero-order valence-electron chi connectivity index (χ0n) is 20.0. The molecule has 2 aromatic heterocycles. The maximum absolute atomic E-state index is 15.1. The number of rotatable bonds is 7. The van der Waals surface area contributed by atoms with E-state index in [1.807, 2.05) is 0 Å². The lowest BCUT2D eigenvalue weighted by Gasteiger charge is -2.17. The van der Waals surface area contributed by atoms with Gasteiger partial charge in [-0.25, -0.2) is 12.8 Å². The van der Waals surface area contributed by atoms with Gasteiger partial charge in [-0.15, -0.1) is 10.2 Å². The van der Waals surface area contributed by atoms with E-state index in [4.69, 9.17) is 27.9 Å². The summed E-state index contributed by atoms with van der Waals surface area (Å²) < 4.78 is 88.4. The van der Waals surface area contributed by atoms with Crippen LogP contribution in [0.1, 0.15) is 5.56 Å². The van der Waals surface area contributed by atoms with Gasteiger partial charge < -0.3 is 4.74 Å². The third kappa shape index (κ3) is 6.25. The zero-order valence-corrected chi connectivity index (χ0v) is 23.2. The Hall–Kier alpha value is -3.85. The molecule has 0 saturated carbocycles. The average molecular weight is 642 g/mol. The first kappa shape index (κ1) is 28.7. The highest BCUT2D eigenvalue weighted by Crippen LogP contribution is 2.43. The van der Waals surface area contributed by atoms with Crippen LogP contribution in [0, 0.1) is 5.82 Å². The van der Waals surface area contributed by atoms with E-state index in [9.17, 15) is 21.6 Å². The number of sulfonamides is 1. The summed E-state index contributed by atoms with van der Waals surface area (Å²) in [7, 11) is -4.41. The molecule has 0 aliphatic rings. The Balaban J connectivity index is 1.57. The summed E-state index contributed by atoms with van der Waals surface area (Å²) in [6.07, 6.45) is -1.81. The minimum absolute atomic E-state index is 0.0159. The summed E-state index contributed by atoms with van der Waals surface area (Å²) in [5, 5.41) is 14.3. The Morgan fingerprint density at radius 1 is 0.878 bits per heavy atom. The van der Waals surface area contributed by atoms with E-state index in [2.05, 4.69) is 25.1 Å². The number of nitrogens with zero attached hydrogens (tertiary/aromatic N) is 4. The van der Waals surface area contributed by atoms with E-state index in [1.54, 1.807) is 6.07 Å². The van der Waals surface area contributed by atoms with Gasteiger partial charge in [0, 0.05) is 28.8 Å². The van der Waals surface area contributed by atoms with Crippen molar-refractivity contribution in [3.8, 4) is 33.8 Å². The molecule has 0 saturated heterocycles. The van der Waals surface area contributed by atoms with Gasteiger partial charge in [0.25, 0.3) is 10.0 Å². The molecule has 0 atom stereocenters. The van der Waals surface area contributed by atoms with Gasteiger partial charge in [-0.2, -0.15) is 23.4 Å². The van der Waals surface area contributed by atoms with Gasteiger partial charge >= 0.3 is 6.18 Å². The highest BCUT2D eigenvalue weighted by molar-refractivity contribution is 7.93. The predicted octanol–water partition coefficient (Wildman–Crippen LogP) is 7.72. The summed E-state index contributed by atoms with van der Waals surface area (Å²) in [5.74, 6) is -1.41. The lowest BCUT2D eigenvalue weighted by Crippen LogP contribution is -2.14. The minimum atomic E-state index is -4.57. The molecule has 0 aliphatic carbocycles. The summed E-state index contributed by atoms with van der Waals surface area (Å²) >= 11 is 13.7. The first-order valence-corrected chi connectivity index (χ1v) is 14.3. The molecule has 0 fully saturated rings. The van der Waals surface area contributed by atoms with Crippen molar-refractivity contribution in [3.05, 3.63) is 93.9 Å². The molecule has 3 aromatic carbocycles. The van der Waals surface area contributed by atoms with Crippen molar-refractivity contribution < 1.29 is 30.7 Å². The van der Waals surface area contributed by atoms with Crippen molar-refractivity contribution in [2.45, 2.75) is 11.1 Å². The molecule has 0 unspecified atom stereocenters. The van der Waals surface area contributed by atoms with Crippen LogP contribution in [0.15, 0.2) is 77.4 Å². The SMILES string of the molecule is O=S(=O)(Nc1nncs1)c1cc(Cl)c(Oc2cc(Cl)c(-c3cccc(C(F)(F)F)c3)cc2-c2ccnnc2)cc1F. The second-order valence-corrected chi connectivity index (χ2v) is 11.5. The van der Waals surface area contributed by atoms with Crippen molar-refractivity contribution in [2.75, 3.05) is 4.72 Å². The molecule has 8 nitrogen and oxygen atoms in total. The number of nitrogens with one attached hydrogen (secondary N) is 1. The van der Waals surface area contributed by atoms with Gasteiger partial charge in [-0.3, -0.25) is 4.72 Å². The van der Waals surface area contributed by atoms with Gasteiger partial charge in [0.2, 0.25) is 5.13 Å². The third-order valence-corrected chi connectivity index (χ3v) is 8.24. The zero-order chi connectivity index (χ0) is 29.4. The van der Waals surface area contributed by atoms with E-state index in [1.165, 1.54) is 42.2 Å². The van der Waals surface area contributed by atoms with Crippen LogP contribution in [0.5, 0.6) is 11.5 Å². The third-order valence-electron chi connectivity index (χ3n) is 5.54. The van der Waals surface area contributed by atoms with E-state index in [0.717, 1.165) is 35.6 Å². The fraction of sp³-hybridized carbons (Fsp3) is 0.0400. The fourth-order valence-electron chi connectivity index (χ4n) is 3.70. The van der Waals surface area contributed by atoms with Crippen LogP contribution in [0.2, 0.25) is 10.0 Å². The normalized spacial score (nSPS) is 11.9. The molecule has 0 amide bonds. The molecule has 16 heteroatoms. The average Bonchev–Trinajstić information content (AvgIpc) is 3.43. The summed E-state index contributed by atoms with van der Waals surface area (Å²) in [5.41, 5.74) is 1.60. The number of ether oxygens (including phenoxy) is 1. The van der Waals surface area contributed by atoms with Gasteiger partial charge in [0.15, 0.2) is 0 Å². The van der Waals surface area contributed by atoms with Crippen LogP contribution >= 0.6 is 34.5 Å². The second kappa shape index (κ2) is 11.2. The summed E-state index contributed by atoms with van der Waals surface area (Å²) in [4.78, 5) is -0.762. The fourth-order valence-corrected chi connectivity index (χ4v) is 6.01. The second-order valence-electron chi connectivity index (χ2n) is 8.20. The standard InChI is InChI=1S/C25H13Cl2F4N5O3S2/c26-18-8-21(39-22-10-20(28)23(9-19(22)27)41(37,38)36-24-35-34-12-40-24)17(14-4-5-32-33-11-14)7-16(18)13-2-1-3-15(6-13)25(29,30)31/h1-12H,(H,35,36). The maximum Gasteiger partial charge on any atom is 0.416 e. The first-order chi connectivity index (χ1) is 19.4. The maximum atomic E-state index is 15.1. The lowest BCUT2D eigenvalue weighted by atomic mass is 9.97. The lowest BCUT2D eigenvalue weighted by molar-refractivity contribution is -0.137. The Morgan fingerprint density at radius 3 is 2.37 bits per heavy atom. The molecular weight excluding hydrogens is 629 g/mol. The molecule has 1 N–H and O–H groups in total. The van der Waals surface area contributed by atoms with Gasteiger partial charge in [0.1, 0.15) is 27.7 Å². The number of halogens is 6. The topological polar surface area (TPSA) is 107 Å². The number of aromatic nitrogens is 4. The Morgan fingerprint density at radius 2 is 1.68 bits per heavy atom. The monoisotopic (exact) mass is 641 g/mol. The Labute approximate surface area is 243 Å². The van der Waals surface area contributed by atoms with E-state index in [-0.39, 0.29) is 37.8 Å². The molecule has 41 heavy (non-hydrogen) atoms. The van der Waals surface area contributed by atoms with Crippen molar-refractivity contribution in [1.82, 2.24) is 20.4 Å². The molecule has 0 bridgehead atoms.